The molecule has 0 spiro atoms. The van der Waals surface area contributed by atoms with E-state index in [9.17, 15) is 0 Å². The van der Waals surface area contributed by atoms with E-state index in [1.807, 2.05) is 0 Å². The zero-order valence-corrected chi connectivity index (χ0v) is 32.0. The molecule has 0 nitrogen and oxygen atoms in total. The minimum atomic E-state index is -0.502. The van der Waals surface area contributed by atoms with Crippen molar-refractivity contribution in [2.75, 3.05) is 0 Å². The second-order valence-electron chi connectivity index (χ2n) is 11.5. The van der Waals surface area contributed by atoms with Crippen LogP contribution in [0.3, 0.4) is 0 Å². The van der Waals surface area contributed by atoms with E-state index in [1.165, 1.54) is 70.4 Å². The molecule has 238 valence electrons. The number of halogens is 1. The molecule has 0 atom stereocenters. The minimum absolute atomic E-state index is 0.502. The Kier molecular flexibility index (Phi) is 17.4. The molecule has 0 aliphatic heterocycles. The number of hydrogen-bond donors (Lipinski definition) is 0. The molecule has 0 aliphatic carbocycles. The Morgan fingerprint density at radius 2 is 0.391 bits per heavy atom. The summed E-state index contributed by atoms with van der Waals surface area (Å²) in [5.74, 6) is 0. The second-order valence-corrected chi connectivity index (χ2v) is 16.6. The van der Waals surface area contributed by atoms with Crippen molar-refractivity contribution >= 4 is 28.9 Å². The summed E-state index contributed by atoms with van der Waals surface area (Å²) in [6.45, 7) is 0. The van der Waals surface area contributed by atoms with Crippen LogP contribution in [0.1, 0.15) is 33.4 Å². The third-order valence-corrected chi connectivity index (χ3v) is 13.2. The van der Waals surface area contributed by atoms with Crippen LogP contribution in [-0.2, 0) is 55.9 Å². The van der Waals surface area contributed by atoms with Crippen molar-refractivity contribution in [1.82, 2.24) is 0 Å². The quantitative estimate of drug-likeness (QED) is 0.0848. The van der Waals surface area contributed by atoms with Gasteiger partial charge in [-0.05, 0) is 33.4 Å². The monoisotopic (exact) mass is 886 g/mol. The summed E-state index contributed by atoms with van der Waals surface area (Å²) >= 11 is 4.97. The SMILES string of the molecule is [Br][Au].c1ccc(C[PH+](Cc2ccccc2)Cc2ccccc2)cc1.c1ccc(C[PH+](Cc2ccccc2)Cc2ccccc2)cc1. The van der Waals surface area contributed by atoms with Crippen LogP contribution < -0.4 is 0 Å². The van der Waals surface area contributed by atoms with Crippen molar-refractivity contribution in [2.24, 2.45) is 0 Å². The van der Waals surface area contributed by atoms with Crippen molar-refractivity contribution in [3.63, 3.8) is 0 Å². The standard InChI is InChI=1S/2C21H21P.Au.BrH/c2*1-4-10-19(11-5-1)16-22(17-20-12-6-2-7-13-20)18-21-14-8-3-9-15-21;;/h2*1-15H,16-18H2;;1H/q;;+1;/p+1. The maximum absolute atomic E-state index is 2.88. The van der Waals surface area contributed by atoms with Gasteiger partial charge in [0.25, 0.3) is 0 Å². The first-order chi connectivity index (χ1) is 22.8. The fourth-order valence-corrected chi connectivity index (χ4v) is 11.3. The molecule has 0 radical (unpaired) electrons. The fraction of sp³-hybridized carbons (Fsp3) is 0.143. The van der Waals surface area contributed by atoms with Crippen LogP contribution in [0.4, 0.5) is 0 Å². The largest absolute Gasteiger partial charge is 0.0826 e. The van der Waals surface area contributed by atoms with Gasteiger partial charge in [0.2, 0.25) is 0 Å². The van der Waals surface area contributed by atoms with Crippen LogP contribution in [0.2, 0.25) is 0 Å². The third kappa shape index (κ3) is 14.0. The minimum Gasteiger partial charge on any atom is -0.0622 e. The molecule has 0 unspecified atom stereocenters. The molecule has 6 rings (SSSR count). The van der Waals surface area contributed by atoms with E-state index in [-0.39, 0.29) is 0 Å². The van der Waals surface area contributed by atoms with Crippen molar-refractivity contribution in [1.29, 1.82) is 0 Å². The summed E-state index contributed by atoms with van der Waals surface area (Å²) in [5, 5.41) is 0. The maximum Gasteiger partial charge on any atom is 0.0826 e. The smallest absolute Gasteiger partial charge is 0.0622 e. The molecule has 0 amide bonds. The van der Waals surface area contributed by atoms with E-state index in [2.05, 4.69) is 214 Å². The van der Waals surface area contributed by atoms with Gasteiger partial charge in [-0.25, -0.2) is 0 Å². The van der Waals surface area contributed by atoms with Crippen LogP contribution in [0.5, 0.6) is 0 Å². The topological polar surface area (TPSA) is 0 Å². The first kappa shape index (κ1) is 36.2. The van der Waals surface area contributed by atoms with Gasteiger partial charge in [0.1, 0.15) is 0 Å². The predicted octanol–water partition coefficient (Wildman–Crippen LogP) is 12.4. The third-order valence-electron chi connectivity index (χ3n) is 7.78. The van der Waals surface area contributed by atoms with Gasteiger partial charge in [-0.3, -0.25) is 0 Å². The first-order valence-electron chi connectivity index (χ1n) is 15.8. The molecular formula is C42H44AuBrP2+2. The average molecular weight is 888 g/mol. The van der Waals surface area contributed by atoms with E-state index >= 15 is 0 Å². The van der Waals surface area contributed by atoms with Gasteiger partial charge in [-0.15, -0.1) is 0 Å². The van der Waals surface area contributed by atoms with Gasteiger partial charge in [-0.1, -0.05) is 182 Å². The van der Waals surface area contributed by atoms with E-state index in [0.29, 0.717) is 0 Å². The molecule has 0 aromatic heterocycles. The van der Waals surface area contributed by atoms with Crippen LogP contribution in [0.25, 0.3) is 0 Å². The van der Waals surface area contributed by atoms with Crippen LogP contribution in [-0.4, -0.2) is 0 Å². The number of benzene rings is 6. The summed E-state index contributed by atoms with van der Waals surface area (Å²) in [6.07, 6.45) is 7.39. The Balaban J connectivity index is 0.000000198. The normalized spacial score (nSPS) is 10.5. The van der Waals surface area contributed by atoms with E-state index < -0.39 is 15.8 Å². The van der Waals surface area contributed by atoms with Crippen LogP contribution in [0.15, 0.2) is 182 Å². The van der Waals surface area contributed by atoms with Gasteiger partial charge in [0, 0.05) is 15.8 Å². The number of rotatable bonds is 12. The van der Waals surface area contributed by atoms with Gasteiger partial charge >= 0.3 is 32.0 Å². The average Bonchev–Trinajstić information content (AvgIpc) is 3.12. The summed E-state index contributed by atoms with van der Waals surface area (Å²) in [5.41, 5.74) is 8.85. The molecule has 4 heteroatoms. The molecule has 0 heterocycles. The van der Waals surface area contributed by atoms with Gasteiger partial charge < -0.3 is 0 Å². The molecule has 0 saturated carbocycles. The summed E-state index contributed by atoms with van der Waals surface area (Å²) < 4.78 is 0. The Hall–Kier alpha value is -2.60. The van der Waals surface area contributed by atoms with Gasteiger partial charge in [-0.2, -0.15) is 0 Å². The summed E-state index contributed by atoms with van der Waals surface area (Å²) in [4.78, 5) is 0. The second kappa shape index (κ2) is 22.1. The Bertz CT molecular complexity index is 1270. The van der Waals surface area contributed by atoms with Crippen LogP contribution in [0, 0.1) is 0 Å². The Morgan fingerprint density at radius 3 is 0.522 bits per heavy atom. The number of hydrogen-bond acceptors (Lipinski definition) is 0. The molecule has 46 heavy (non-hydrogen) atoms. The predicted molar refractivity (Wildman–Crippen MR) is 206 cm³/mol. The van der Waals surface area contributed by atoms with Crippen molar-refractivity contribution < 1.29 is 18.9 Å². The van der Waals surface area contributed by atoms with Crippen molar-refractivity contribution in [3.05, 3.63) is 215 Å². The van der Waals surface area contributed by atoms with Crippen molar-refractivity contribution in [3.8, 4) is 0 Å². The molecule has 0 N–H and O–H groups in total. The van der Waals surface area contributed by atoms with Gasteiger partial charge in [0.15, 0.2) is 0 Å². The van der Waals surface area contributed by atoms with E-state index in [0.717, 1.165) is 0 Å². The van der Waals surface area contributed by atoms with Crippen LogP contribution >= 0.6 is 28.9 Å². The maximum atomic E-state index is 2.88. The zero-order chi connectivity index (χ0) is 32.1. The molecule has 0 saturated heterocycles. The zero-order valence-electron chi connectivity index (χ0n) is 26.2. The molecule has 0 aliphatic rings. The molecule has 6 aromatic rings. The van der Waals surface area contributed by atoms with Gasteiger partial charge in [0.05, 0.1) is 37.0 Å². The first-order valence-corrected chi connectivity index (χ1v) is 24.8. The Morgan fingerprint density at radius 1 is 0.261 bits per heavy atom. The molecule has 0 bridgehead atoms. The van der Waals surface area contributed by atoms with Crippen molar-refractivity contribution in [2.45, 2.75) is 37.0 Å². The van der Waals surface area contributed by atoms with E-state index in [1.54, 1.807) is 0 Å². The van der Waals surface area contributed by atoms with E-state index in [4.69, 9.17) is 0 Å². The fourth-order valence-electron chi connectivity index (χ4n) is 5.68. The summed E-state index contributed by atoms with van der Waals surface area (Å²) in [6, 6.07) is 65.6. The molecule has 6 aromatic carbocycles. The molecular weight excluding hydrogens is 843 g/mol. The molecule has 0 fully saturated rings. The Labute approximate surface area is 298 Å². The summed E-state index contributed by atoms with van der Waals surface area (Å²) in [7, 11) is -1.00.